The lowest BCUT2D eigenvalue weighted by Gasteiger charge is -2.35. The zero-order valence-corrected chi connectivity index (χ0v) is 16.3. The number of nitrogens with zero attached hydrogens (tertiary/aromatic N) is 2. The van der Waals surface area contributed by atoms with Gasteiger partial charge in [-0.15, -0.1) is 0 Å². The summed E-state index contributed by atoms with van der Waals surface area (Å²) in [5.74, 6) is 0.896. The smallest absolute Gasteiger partial charge is 0.410 e. The summed E-state index contributed by atoms with van der Waals surface area (Å²) in [5, 5.41) is 0. The fourth-order valence-corrected chi connectivity index (χ4v) is 2.75. The van der Waals surface area contributed by atoms with Crippen molar-refractivity contribution in [3.8, 4) is 5.75 Å². The van der Waals surface area contributed by atoms with Crippen molar-refractivity contribution >= 4 is 22.0 Å². The van der Waals surface area contributed by atoms with E-state index in [-0.39, 0.29) is 6.09 Å². The Morgan fingerprint density at radius 1 is 1.12 bits per heavy atom. The first-order valence-electron chi connectivity index (χ1n) is 8.42. The van der Waals surface area contributed by atoms with E-state index in [0.29, 0.717) is 6.61 Å². The molecule has 2 rings (SSSR count). The number of ether oxygens (including phenoxy) is 2. The van der Waals surface area contributed by atoms with Crippen LogP contribution in [-0.2, 0) is 4.74 Å². The summed E-state index contributed by atoms with van der Waals surface area (Å²) in [6.45, 7) is 10.6. The van der Waals surface area contributed by atoms with Crippen LogP contribution in [0.5, 0.6) is 5.75 Å². The maximum absolute atomic E-state index is 12.0. The highest BCUT2D eigenvalue weighted by Gasteiger charge is 2.25. The van der Waals surface area contributed by atoms with Crippen LogP contribution in [0.1, 0.15) is 27.2 Å². The van der Waals surface area contributed by atoms with Crippen LogP contribution in [0, 0.1) is 0 Å². The first-order valence-corrected chi connectivity index (χ1v) is 9.21. The number of amides is 1. The minimum Gasteiger partial charge on any atom is -0.494 e. The molecule has 0 aliphatic carbocycles. The van der Waals surface area contributed by atoms with Gasteiger partial charge in [-0.2, -0.15) is 0 Å². The lowest BCUT2D eigenvalue weighted by molar-refractivity contribution is 0.0142. The molecule has 5 nitrogen and oxygen atoms in total. The maximum atomic E-state index is 12.0. The molecule has 134 valence electrons. The Balaban J connectivity index is 1.61. The molecule has 1 aliphatic rings. The molecule has 0 unspecified atom stereocenters. The van der Waals surface area contributed by atoms with E-state index in [0.717, 1.165) is 49.4 Å². The highest BCUT2D eigenvalue weighted by Crippen LogP contribution is 2.16. The minimum atomic E-state index is -0.432. The van der Waals surface area contributed by atoms with E-state index in [2.05, 4.69) is 20.8 Å². The molecular formula is C18H27BrN2O3. The molecule has 6 heteroatoms. The lowest BCUT2D eigenvalue weighted by atomic mass is 10.2. The molecule has 1 amide bonds. The van der Waals surface area contributed by atoms with E-state index < -0.39 is 5.60 Å². The Bertz CT molecular complexity index is 520. The molecule has 24 heavy (non-hydrogen) atoms. The quantitative estimate of drug-likeness (QED) is 0.707. The Morgan fingerprint density at radius 3 is 2.33 bits per heavy atom. The second-order valence-corrected chi connectivity index (χ2v) is 7.88. The van der Waals surface area contributed by atoms with Crippen molar-refractivity contribution in [1.29, 1.82) is 0 Å². The maximum Gasteiger partial charge on any atom is 0.410 e. The third-order valence-electron chi connectivity index (χ3n) is 3.73. The van der Waals surface area contributed by atoms with Gasteiger partial charge >= 0.3 is 6.09 Å². The number of carbonyl (C=O) groups excluding carboxylic acids is 1. The number of piperazine rings is 1. The van der Waals surface area contributed by atoms with Gasteiger partial charge < -0.3 is 14.4 Å². The molecule has 1 aromatic carbocycles. The molecule has 1 aromatic rings. The van der Waals surface area contributed by atoms with Gasteiger partial charge in [0, 0.05) is 37.2 Å². The van der Waals surface area contributed by atoms with Crippen LogP contribution in [-0.4, -0.2) is 60.8 Å². The van der Waals surface area contributed by atoms with E-state index in [1.807, 2.05) is 45.0 Å². The molecule has 1 heterocycles. The van der Waals surface area contributed by atoms with Gasteiger partial charge in [-0.3, -0.25) is 4.90 Å². The number of benzene rings is 1. The molecule has 0 N–H and O–H groups in total. The summed E-state index contributed by atoms with van der Waals surface area (Å²) in [4.78, 5) is 16.2. The summed E-state index contributed by atoms with van der Waals surface area (Å²) >= 11 is 3.41. The van der Waals surface area contributed by atoms with Crippen LogP contribution in [0.4, 0.5) is 4.79 Å². The largest absolute Gasteiger partial charge is 0.494 e. The SMILES string of the molecule is CC(C)(C)OC(=O)N1CCN(CCCOc2ccc(Br)cc2)CC1. The van der Waals surface area contributed by atoms with Gasteiger partial charge in [0.1, 0.15) is 11.4 Å². The molecule has 0 saturated carbocycles. The van der Waals surface area contributed by atoms with E-state index in [1.54, 1.807) is 4.90 Å². The topological polar surface area (TPSA) is 42.0 Å². The number of hydrogen-bond acceptors (Lipinski definition) is 4. The van der Waals surface area contributed by atoms with Gasteiger partial charge in [-0.25, -0.2) is 4.79 Å². The molecule has 1 saturated heterocycles. The van der Waals surface area contributed by atoms with E-state index >= 15 is 0 Å². The van der Waals surface area contributed by atoms with Crippen molar-refractivity contribution < 1.29 is 14.3 Å². The Hall–Kier alpha value is -1.27. The van der Waals surface area contributed by atoms with Crippen molar-refractivity contribution in [3.63, 3.8) is 0 Å². The van der Waals surface area contributed by atoms with E-state index in [9.17, 15) is 4.79 Å². The van der Waals surface area contributed by atoms with Crippen LogP contribution in [0.25, 0.3) is 0 Å². The number of halogens is 1. The van der Waals surface area contributed by atoms with Gasteiger partial charge in [0.05, 0.1) is 6.61 Å². The van der Waals surface area contributed by atoms with Crippen LogP contribution in [0.3, 0.4) is 0 Å². The molecule has 0 bridgehead atoms. The zero-order valence-electron chi connectivity index (χ0n) is 14.8. The molecule has 0 radical (unpaired) electrons. The van der Waals surface area contributed by atoms with Crippen molar-refractivity contribution in [3.05, 3.63) is 28.7 Å². The van der Waals surface area contributed by atoms with Crippen LogP contribution >= 0.6 is 15.9 Å². The molecular weight excluding hydrogens is 372 g/mol. The summed E-state index contributed by atoms with van der Waals surface area (Å²) in [6.07, 6.45) is 0.767. The predicted octanol–water partition coefficient (Wildman–Crippen LogP) is 3.77. The Kier molecular flexibility index (Phi) is 6.92. The van der Waals surface area contributed by atoms with Crippen LogP contribution < -0.4 is 4.74 Å². The van der Waals surface area contributed by atoms with Gasteiger partial charge in [0.15, 0.2) is 0 Å². The fourth-order valence-electron chi connectivity index (χ4n) is 2.49. The van der Waals surface area contributed by atoms with Gasteiger partial charge in [0.2, 0.25) is 0 Å². The van der Waals surface area contributed by atoms with Gasteiger partial charge in [-0.1, -0.05) is 15.9 Å². The van der Waals surface area contributed by atoms with E-state index in [1.165, 1.54) is 0 Å². The zero-order chi connectivity index (χ0) is 17.6. The minimum absolute atomic E-state index is 0.208. The van der Waals surface area contributed by atoms with E-state index in [4.69, 9.17) is 9.47 Å². The summed E-state index contributed by atoms with van der Waals surface area (Å²) in [5.41, 5.74) is -0.432. The Morgan fingerprint density at radius 2 is 1.75 bits per heavy atom. The lowest BCUT2D eigenvalue weighted by Crippen LogP contribution is -2.50. The van der Waals surface area contributed by atoms with Crippen LogP contribution in [0.2, 0.25) is 0 Å². The highest BCUT2D eigenvalue weighted by molar-refractivity contribution is 9.10. The monoisotopic (exact) mass is 398 g/mol. The molecule has 0 aromatic heterocycles. The second-order valence-electron chi connectivity index (χ2n) is 6.96. The van der Waals surface area contributed by atoms with Crippen molar-refractivity contribution in [1.82, 2.24) is 9.80 Å². The first-order chi connectivity index (χ1) is 11.3. The average Bonchev–Trinajstić information content (AvgIpc) is 2.52. The van der Waals surface area contributed by atoms with Crippen LogP contribution in [0.15, 0.2) is 28.7 Å². The van der Waals surface area contributed by atoms with Crippen molar-refractivity contribution in [2.45, 2.75) is 32.8 Å². The predicted molar refractivity (Wildman–Crippen MR) is 98.5 cm³/mol. The number of hydrogen-bond donors (Lipinski definition) is 0. The van der Waals surface area contributed by atoms with Gasteiger partial charge in [-0.05, 0) is 51.5 Å². The first kappa shape index (κ1) is 19.1. The number of carbonyl (C=O) groups is 1. The summed E-state index contributed by atoms with van der Waals surface area (Å²) in [7, 11) is 0. The molecule has 0 spiro atoms. The summed E-state index contributed by atoms with van der Waals surface area (Å²) in [6, 6.07) is 7.88. The standard InChI is InChI=1S/C18H27BrN2O3/c1-18(2,3)24-17(22)21-12-10-20(11-13-21)9-4-14-23-16-7-5-15(19)6-8-16/h5-8H,4,9-14H2,1-3H3. The fraction of sp³-hybridized carbons (Fsp3) is 0.611. The van der Waals surface area contributed by atoms with Gasteiger partial charge in [0.25, 0.3) is 0 Å². The Labute approximate surface area is 153 Å². The highest BCUT2D eigenvalue weighted by atomic mass is 79.9. The summed E-state index contributed by atoms with van der Waals surface area (Å²) < 4.78 is 12.2. The average molecular weight is 399 g/mol. The molecule has 1 fully saturated rings. The molecule has 1 aliphatic heterocycles. The number of rotatable bonds is 5. The van der Waals surface area contributed by atoms with Crippen molar-refractivity contribution in [2.24, 2.45) is 0 Å². The normalized spacial score (nSPS) is 16.1. The van der Waals surface area contributed by atoms with Crippen molar-refractivity contribution in [2.75, 3.05) is 39.3 Å². The molecule has 0 atom stereocenters. The third kappa shape index (κ3) is 6.69. The third-order valence-corrected chi connectivity index (χ3v) is 4.25. The second kappa shape index (κ2) is 8.72.